The number of rotatable bonds is 5. The van der Waals surface area contributed by atoms with E-state index in [-0.39, 0.29) is 17.6 Å². The predicted octanol–water partition coefficient (Wildman–Crippen LogP) is 3.02. The summed E-state index contributed by atoms with van der Waals surface area (Å²) in [7, 11) is 0. The van der Waals surface area contributed by atoms with Gasteiger partial charge in [-0.1, -0.05) is 17.7 Å². The Morgan fingerprint density at radius 1 is 1.27 bits per heavy atom. The lowest BCUT2D eigenvalue weighted by Gasteiger charge is -2.23. The SMILES string of the molecule is CC(=O)N(CCNC(=O)c1ccco1)c1cccc(Cl)c1C. The van der Waals surface area contributed by atoms with Gasteiger partial charge in [-0.15, -0.1) is 0 Å². The Bertz CT molecular complexity index is 668. The minimum Gasteiger partial charge on any atom is -0.459 e. The molecule has 22 heavy (non-hydrogen) atoms. The number of anilines is 1. The number of halogens is 1. The molecule has 2 amide bonds. The minimum atomic E-state index is -0.309. The van der Waals surface area contributed by atoms with E-state index in [1.54, 1.807) is 29.2 Å². The molecule has 2 aromatic rings. The monoisotopic (exact) mass is 320 g/mol. The molecule has 0 aliphatic heterocycles. The molecule has 6 heteroatoms. The van der Waals surface area contributed by atoms with Crippen LogP contribution in [0.25, 0.3) is 0 Å². The second-order valence-corrected chi connectivity index (χ2v) is 5.20. The Balaban J connectivity index is 2.02. The number of benzene rings is 1. The fourth-order valence-corrected chi connectivity index (χ4v) is 2.28. The third-order valence-electron chi connectivity index (χ3n) is 3.28. The van der Waals surface area contributed by atoms with Crippen molar-refractivity contribution in [3.8, 4) is 0 Å². The molecule has 0 saturated heterocycles. The van der Waals surface area contributed by atoms with E-state index < -0.39 is 0 Å². The van der Waals surface area contributed by atoms with E-state index in [1.807, 2.05) is 13.0 Å². The highest BCUT2D eigenvalue weighted by molar-refractivity contribution is 6.31. The molecule has 0 atom stereocenters. The van der Waals surface area contributed by atoms with Crippen molar-refractivity contribution in [3.05, 3.63) is 52.9 Å². The van der Waals surface area contributed by atoms with Gasteiger partial charge in [0.1, 0.15) is 0 Å². The van der Waals surface area contributed by atoms with Gasteiger partial charge < -0.3 is 14.6 Å². The zero-order valence-electron chi connectivity index (χ0n) is 12.4. The van der Waals surface area contributed by atoms with Gasteiger partial charge >= 0.3 is 0 Å². The van der Waals surface area contributed by atoms with Crippen LogP contribution in [0, 0.1) is 6.92 Å². The van der Waals surface area contributed by atoms with Crippen molar-refractivity contribution < 1.29 is 14.0 Å². The third-order valence-corrected chi connectivity index (χ3v) is 3.69. The summed E-state index contributed by atoms with van der Waals surface area (Å²) in [5.74, 6) is -0.178. The van der Waals surface area contributed by atoms with Crippen LogP contribution in [-0.2, 0) is 4.79 Å². The summed E-state index contributed by atoms with van der Waals surface area (Å²) < 4.78 is 5.01. The maximum Gasteiger partial charge on any atom is 0.287 e. The lowest BCUT2D eigenvalue weighted by molar-refractivity contribution is -0.116. The van der Waals surface area contributed by atoms with Gasteiger partial charge in [-0.05, 0) is 36.8 Å². The van der Waals surface area contributed by atoms with Crippen molar-refractivity contribution in [2.45, 2.75) is 13.8 Å². The van der Waals surface area contributed by atoms with E-state index in [0.717, 1.165) is 11.3 Å². The van der Waals surface area contributed by atoms with Crippen molar-refractivity contribution in [2.75, 3.05) is 18.0 Å². The van der Waals surface area contributed by atoms with Gasteiger partial charge in [0.05, 0.1) is 6.26 Å². The zero-order chi connectivity index (χ0) is 16.1. The van der Waals surface area contributed by atoms with E-state index in [4.69, 9.17) is 16.0 Å². The average molecular weight is 321 g/mol. The van der Waals surface area contributed by atoms with Crippen LogP contribution in [0.4, 0.5) is 5.69 Å². The lowest BCUT2D eigenvalue weighted by atomic mass is 10.1. The van der Waals surface area contributed by atoms with Gasteiger partial charge in [-0.3, -0.25) is 9.59 Å². The van der Waals surface area contributed by atoms with Gasteiger partial charge in [-0.25, -0.2) is 0 Å². The number of hydrogen-bond acceptors (Lipinski definition) is 3. The molecule has 0 saturated carbocycles. The predicted molar refractivity (Wildman–Crippen MR) is 85.3 cm³/mol. The number of furan rings is 1. The molecule has 0 aliphatic carbocycles. The van der Waals surface area contributed by atoms with Crippen molar-refractivity contribution in [2.24, 2.45) is 0 Å². The van der Waals surface area contributed by atoms with Gasteiger partial charge in [-0.2, -0.15) is 0 Å². The topological polar surface area (TPSA) is 62.6 Å². The number of hydrogen-bond donors (Lipinski definition) is 1. The fraction of sp³-hybridized carbons (Fsp3) is 0.250. The highest BCUT2D eigenvalue weighted by Crippen LogP contribution is 2.26. The normalized spacial score (nSPS) is 10.3. The number of carbonyl (C=O) groups excluding carboxylic acids is 2. The molecule has 2 rings (SSSR count). The highest BCUT2D eigenvalue weighted by atomic mass is 35.5. The van der Waals surface area contributed by atoms with Crippen LogP contribution < -0.4 is 10.2 Å². The molecule has 5 nitrogen and oxygen atoms in total. The number of nitrogens with zero attached hydrogens (tertiary/aromatic N) is 1. The summed E-state index contributed by atoms with van der Waals surface area (Å²) in [5.41, 5.74) is 1.57. The van der Waals surface area contributed by atoms with Gasteiger partial charge in [0.15, 0.2) is 5.76 Å². The molecule has 0 unspecified atom stereocenters. The van der Waals surface area contributed by atoms with Crippen molar-refractivity contribution >= 4 is 29.1 Å². The van der Waals surface area contributed by atoms with E-state index in [9.17, 15) is 9.59 Å². The number of amides is 2. The van der Waals surface area contributed by atoms with Crippen LogP contribution in [0.1, 0.15) is 23.0 Å². The molecule has 0 bridgehead atoms. The highest BCUT2D eigenvalue weighted by Gasteiger charge is 2.16. The summed E-state index contributed by atoms with van der Waals surface area (Å²) in [6.45, 7) is 4.00. The second-order valence-electron chi connectivity index (χ2n) is 4.79. The Labute approximate surface area is 133 Å². The van der Waals surface area contributed by atoms with Crippen LogP contribution >= 0.6 is 11.6 Å². The summed E-state index contributed by atoms with van der Waals surface area (Å²) in [6, 6.07) is 8.63. The lowest BCUT2D eigenvalue weighted by Crippen LogP contribution is -2.37. The maximum atomic E-state index is 11.9. The van der Waals surface area contributed by atoms with Crippen LogP contribution in [0.2, 0.25) is 5.02 Å². The van der Waals surface area contributed by atoms with E-state index in [1.165, 1.54) is 13.2 Å². The standard InChI is InChI=1S/C16H17ClN2O3/c1-11-13(17)5-3-6-14(11)19(12(2)20)9-8-18-16(21)15-7-4-10-22-15/h3-7,10H,8-9H2,1-2H3,(H,18,21). The first-order chi connectivity index (χ1) is 10.5. The maximum absolute atomic E-state index is 11.9. The minimum absolute atomic E-state index is 0.113. The Hall–Kier alpha value is -2.27. The molecule has 1 N–H and O–H groups in total. The quantitative estimate of drug-likeness (QED) is 0.921. The van der Waals surface area contributed by atoms with Gasteiger partial charge in [0.2, 0.25) is 5.91 Å². The first-order valence-electron chi connectivity index (χ1n) is 6.85. The van der Waals surface area contributed by atoms with Gasteiger partial charge in [0.25, 0.3) is 5.91 Å². The van der Waals surface area contributed by atoms with E-state index in [0.29, 0.717) is 18.1 Å². The Kier molecular flexibility index (Phi) is 5.22. The Morgan fingerprint density at radius 3 is 2.68 bits per heavy atom. The smallest absolute Gasteiger partial charge is 0.287 e. The molecule has 1 aromatic carbocycles. The third kappa shape index (κ3) is 3.68. The Morgan fingerprint density at radius 2 is 2.05 bits per heavy atom. The summed E-state index contributed by atoms with van der Waals surface area (Å²) in [4.78, 5) is 25.2. The summed E-state index contributed by atoms with van der Waals surface area (Å²) in [6.07, 6.45) is 1.44. The number of nitrogens with one attached hydrogen (secondary N) is 1. The first-order valence-corrected chi connectivity index (χ1v) is 7.23. The molecule has 0 spiro atoms. The summed E-state index contributed by atoms with van der Waals surface area (Å²) in [5, 5.41) is 3.32. The van der Waals surface area contributed by atoms with Crippen molar-refractivity contribution in [1.29, 1.82) is 0 Å². The number of carbonyl (C=O) groups is 2. The molecule has 1 aromatic heterocycles. The zero-order valence-corrected chi connectivity index (χ0v) is 13.2. The second kappa shape index (κ2) is 7.13. The first kappa shape index (κ1) is 16.1. The van der Waals surface area contributed by atoms with Crippen molar-refractivity contribution in [1.82, 2.24) is 5.32 Å². The van der Waals surface area contributed by atoms with Crippen LogP contribution in [0.5, 0.6) is 0 Å². The van der Waals surface area contributed by atoms with Gasteiger partial charge in [0, 0.05) is 30.7 Å². The molecule has 116 valence electrons. The molecular weight excluding hydrogens is 304 g/mol. The average Bonchev–Trinajstić information content (AvgIpc) is 3.01. The van der Waals surface area contributed by atoms with E-state index in [2.05, 4.69) is 5.32 Å². The van der Waals surface area contributed by atoms with Crippen LogP contribution in [0.15, 0.2) is 41.0 Å². The molecule has 1 heterocycles. The van der Waals surface area contributed by atoms with Crippen molar-refractivity contribution in [3.63, 3.8) is 0 Å². The largest absolute Gasteiger partial charge is 0.459 e. The van der Waals surface area contributed by atoms with Crippen LogP contribution in [-0.4, -0.2) is 24.9 Å². The molecule has 0 fully saturated rings. The molecule has 0 radical (unpaired) electrons. The summed E-state index contributed by atoms with van der Waals surface area (Å²) >= 11 is 6.09. The fourth-order valence-electron chi connectivity index (χ4n) is 2.11. The molecular formula is C16H17ClN2O3. The van der Waals surface area contributed by atoms with Crippen LogP contribution in [0.3, 0.4) is 0 Å². The molecule has 0 aliphatic rings. The van der Waals surface area contributed by atoms with E-state index >= 15 is 0 Å².